The van der Waals surface area contributed by atoms with E-state index < -0.39 is 0 Å². The van der Waals surface area contributed by atoms with E-state index in [1.807, 2.05) is 30.3 Å². The Balaban J connectivity index is 1.98. The van der Waals surface area contributed by atoms with Gasteiger partial charge in [-0.05, 0) is 29.5 Å². The lowest BCUT2D eigenvalue weighted by Gasteiger charge is -2.03. The Morgan fingerprint density at radius 2 is 1.55 bits per heavy atom. The van der Waals surface area contributed by atoms with Crippen molar-refractivity contribution in [3.63, 3.8) is 0 Å². The molecule has 0 unspecified atom stereocenters. The highest BCUT2D eigenvalue weighted by Gasteiger charge is 1.96. The van der Waals surface area contributed by atoms with Gasteiger partial charge in [-0.15, -0.1) is 0 Å². The first-order valence-corrected chi connectivity index (χ1v) is 6.95. The van der Waals surface area contributed by atoms with Crippen LogP contribution in [-0.2, 0) is 6.42 Å². The molecule has 0 radical (unpaired) electrons. The second kappa shape index (κ2) is 8.13. The maximum atomic E-state index is 9.12. The van der Waals surface area contributed by atoms with Crippen molar-refractivity contribution in [1.29, 1.82) is 0 Å². The highest BCUT2D eigenvalue weighted by molar-refractivity contribution is 5.52. The van der Waals surface area contributed by atoms with Crippen LogP contribution in [0.25, 0.3) is 6.08 Å². The number of hydrogen-bond acceptors (Lipinski definition) is 1. The van der Waals surface area contributed by atoms with Gasteiger partial charge >= 0.3 is 0 Å². The Morgan fingerprint density at radius 3 is 2.20 bits per heavy atom. The van der Waals surface area contributed by atoms with E-state index in [-0.39, 0.29) is 6.61 Å². The Labute approximate surface area is 120 Å². The molecule has 2 aromatic rings. The van der Waals surface area contributed by atoms with E-state index in [2.05, 4.69) is 48.6 Å². The van der Waals surface area contributed by atoms with Crippen LogP contribution < -0.4 is 0 Å². The SMILES string of the molecule is OC/C=C(\C=C\c1ccccc1)CCc1ccccc1. The highest BCUT2D eigenvalue weighted by Crippen LogP contribution is 2.12. The van der Waals surface area contributed by atoms with Gasteiger partial charge in [0.15, 0.2) is 0 Å². The average Bonchev–Trinajstić information content (AvgIpc) is 2.52. The molecule has 0 aromatic heterocycles. The number of aliphatic hydroxyl groups excluding tert-OH is 1. The smallest absolute Gasteiger partial charge is 0.0618 e. The second-order valence-corrected chi connectivity index (χ2v) is 4.69. The maximum Gasteiger partial charge on any atom is 0.0618 e. The summed E-state index contributed by atoms with van der Waals surface area (Å²) in [6, 6.07) is 20.6. The number of rotatable bonds is 6. The molecule has 0 spiro atoms. The van der Waals surface area contributed by atoms with Gasteiger partial charge in [0.25, 0.3) is 0 Å². The van der Waals surface area contributed by atoms with Gasteiger partial charge in [-0.25, -0.2) is 0 Å². The summed E-state index contributed by atoms with van der Waals surface area (Å²) in [6.07, 6.45) is 7.99. The van der Waals surface area contributed by atoms with Crippen molar-refractivity contribution < 1.29 is 5.11 Å². The molecule has 0 atom stereocenters. The fourth-order valence-electron chi connectivity index (χ4n) is 2.07. The van der Waals surface area contributed by atoms with Gasteiger partial charge < -0.3 is 5.11 Å². The van der Waals surface area contributed by atoms with Crippen molar-refractivity contribution in [3.8, 4) is 0 Å². The van der Waals surface area contributed by atoms with Crippen LogP contribution in [0.15, 0.2) is 78.4 Å². The topological polar surface area (TPSA) is 20.2 Å². The van der Waals surface area contributed by atoms with Gasteiger partial charge in [0, 0.05) is 0 Å². The van der Waals surface area contributed by atoms with Crippen LogP contribution >= 0.6 is 0 Å². The maximum absolute atomic E-state index is 9.12. The standard InChI is InChI=1S/C19H20O/c20-16-15-19(13-11-17-7-3-1-4-8-17)14-12-18-9-5-2-6-10-18/h1-11,13,15,20H,12,14,16H2/b13-11+,19-15+. The molecule has 0 aliphatic rings. The van der Waals surface area contributed by atoms with Crippen molar-refractivity contribution in [2.24, 2.45) is 0 Å². The Bertz CT molecular complexity index is 553. The molecule has 1 nitrogen and oxygen atoms in total. The minimum atomic E-state index is 0.0866. The number of allylic oxidation sites excluding steroid dienone is 2. The zero-order chi connectivity index (χ0) is 14.0. The third-order valence-corrected chi connectivity index (χ3v) is 3.19. The van der Waals surface area contributed by atoms with Crippen molar-refractivity contribution in [1.82, 2.24) is 0 Å². The molecule has 2 aromatic carbocycles. The zero-order valence-corrected chi connectivity index (χ0v) is 11.6. The molecular formula is C19H20O. The van der Waals surface area contributed by atoms with Crippen LogP contribution in [0.5, 0.6) is 0 Å². The molecule has 1 N–H and O–H groups in total. The summed E-state index contributed by atoms with van der Waals surface area (Å²) in [5, 5.41) is 9.12. The summed E-state index contributed by atoms with van der Waals surface area (Å²) in [5.41, 5.74) is 3.67. The minimum absolute atomic E-state index is 0.0866. The third-order valence-electron chi connectivity index (χ3n) is 3.19. The van der Waals surface area contributed by atoms with E-state index in [9.17, 15) is 0 Å². The summed E-state index contributed by atoms with van der Waals surface area (Å²) in [4.78, 5) is 0. The van der Waals surface area contributed by atoms with Crippen LogP contribution in [0, 0.1) is 0 Å². The first-order valence-electron chi connectivity index (χ1n) is 6.95. The molecule has 102 valence electrons. The van der Waals surface area contributed by atoms with Crippen molar-refractivity contribution in [2.45, 2.75) is 12.8 Å². The largest absolute Gasteiger partial charge is 0.392 e. The lowest BCUT2D eigenvalue weighted by atomic mass is 10.0. The minimum Gasteiger partial charge on any atom is -0.392 e. The molecule has 2 rings (SSSR count). The van der Waals surface area contributed by atoms with Gasteiger partial charge in [-0.2, -0.15) is 0 Å². The van der Waals surface area contributed by atoms with E-state index in [1.165, 1.54) is 16.7 Å². The van der Waals surface area contributed by atoms with Crippen LogP contribution in [0.4, 0.5) is 0 Å². The van der Waals surface area contributed by atoms with Crippen LogP contribution in [0.1, 0.15) is 17.5 Å². The Morgan fingerprint density at radius 1 is 0.900 bits per heavy atom. The van der Waals surface area contributed by atoms with Crippen molar-refractivity contribution in [3.05, 3.63) is 89.5 Å². The summed E-state index contributed by atoms with van der Waals surface area (Å²) in [7, 11) is 0. The molecule has 0 aliphatic carbocycles. The first kappa shape index (κ1) is 14.3. The van der Waals surface area contributed by atoms with E-state index in [1.54, 1.807) is 0 Å². The van der Waals surface area contributed by atoms with Crippen LogP contribution in [0.3, 0.4) is 0 Å². The average molecular weight is 264 g/mol. The highest BCUT2D eigenvalue weighted by atomic mass is 16.2. The van der Waals surface area contributed by atoms with Gasteiger partial charge in [-0.3, -0.25) is 0 Å². The number of hydrogen-bond donors (Lipinski definition) is 1. The Kier molecular flexibility index (Phi) is 5.81. The number of aliphatic hydroxyl groups is 1. The molecule has 0 amide bonds. The molecule has 0 bridgehead atoms. The fraction of sp³-hybridized carbons (Fsp3) is 0.158. The first-order chi connectivity index (χ1) is 9.88. The number of aryl methyl sites for hydroxylation is 1. The predicted molar refractivity (Wildman–Crippen MR) is 85.4 cm³/mol. The monoisotopic (exact) mass is 264 g/mol. The van der Waals surface area contributed by atoms with Gasteiger partial charge in [0.1, 0.15) is 0 Å². The van der Waals surface area contributed by atoms with Gasteiger partial charge in [0.2, 0.25) is 0 Å². The van der Waals surface area contributed by atoms with Crippen molar-refractivity contribution in [2.75, 3.05) is 6.61 Å². The normalized spacial score (nSPS) is 11.9. The number of benzene rings is 2. The molecule has 0 heterocycles. The fourth-order valence-corrected chi connectivity index (χ4v) is 2.07. The van der Waals surface area contributed by atoms with E-state index in [0.29, 0.717) is 0 Å². The predicted octanol–water partition coefficient (Wildman–Crippen LogP) is 4.25. The molecule has 0 fully saturated rings. The lowest BCUT2D eigenvalue weighted by molar-refractivity contribution is 0.342. The molecule has 0 saturated carbocycles. The molecule has 0 saturated heterocycles. The second-order valence-electron chi connectivity index (χ2n) is 4.69. The van der Waals surface area contributed by atoms with Crippen molar-refractivity contribution >= 4 is 6.08 Å². The quantitative estimate of drug-likeness (QED) is 0.773. The summed E-state index contributed by atoms with van der Waals surface area (Å²) in [5.74, 6) is 0. The molecule has 0 aliphatic heterocycles. The third kappa shape index (κ3) is 4.87. The summed E-state index contributed by atoms with van der Waals surface area (Å²) < 4.78 is 0. The van der Waals surface area contributed by atoms with Crippen LogP contribution in [0.2, 0.25) is 0 Å². The molecule has 20 heavy (non-hydrogen) atoms. The van der Waals surface area contributed by atoms with E-state index in [4.69, 9.17) is 5.11 Å². The lowest BCUT2D eigenvalue weighted by Crippen LogP contribution is -1.89. The summed E-state index contributed by atoms with van der Waals surface area (Å²) >= 11 is 0. The van der Waals surface area contributed by atoms with E-state index >= 15 is 0 Å². The van der Waals surface area contributed by atoms with Gasteiger partial charge in [-0.1, -0.05) is 78.9 Å². The zero-order valence-electron chi connectivity index (χ0n) is 11.6. The van der Waals surface area contributed by atoms with Gasteiger partial charge in [0.05, 0.1) is 6.61 Å². The molecular weight excluding hydrogens is 244 g/mol. The van der Waals surface area contributed by atoms with Crippen LogP contribution in [-0.4, -0.2) is 11.7 Å². The Hall–Kier alpha value is -2.12. The summed E-state index contributed by atoms with van der Waals surface area (Å²) in [6.45, 7) is 0.0866. The van der Waals surface area contributed by atoms with E-state index in [0.717, 1.165) is 12.8 Å². The molecule has 1 heteroatoms.